The maximum atomic E-state index is 13.4. The number of hydrogen-bond acceptors (Lipinski definition) is 6. The van der Waals surface area contributed by atoms with Crippen LogP contribution in [0.3, 0.4) is 0 Å². The second-order valence-electron chi connectivity index (χ2n) is 7.29. The molecule has 0 saturated heterocycles. The molecule has 1 saturated carbocycles. The van der Waals surface area contributed by atoms with Crippen LogP contribution >= 0.6 is 46.3 Å². The number of aryl methyl sites for hydroxylation is 2. The summed E-state index contributed by atoms with van der Waals surface area (Å²) in [6.07, 6.45) is 5.54. The number of nitrogens with zero attached hydrogens (tertiary/aromatic N) is 3. The maximum absolute atomic E-state index is 13.4. The molecule has 0 atom stereocenters. The minimum Gasteiger partial charge on any atom is -0.309 e. The lowest BCUT2D eigenvalue weighted by Crippen LogP contribution is -2.27. The van der Waals surface area contributed by atoms with Gasteiger partial charge in [0.15, 0.2) is 11.0 Å². The van der Waals surface area contributed by atoms with Crippen molar-refractivity contribution in [2.75, 3.05) is 11.1 Å². The summed E-state index contributed by atoms with van der Waals surface area (Å²) in [5, 5.41) is 4.65. The molecule has 1 fully saturated rings. The minimum atomic E-state index is -0.275. The van der Waals surface area contributed by atoms with Gasteiger partial charge in [-0.2, -0.15) is 0 Å². The molecule has 1 aliphatic rings. The lowest BCUT2D eigenvalue weighted by molar-refractivity contribution is -0.113. The largest absolute Gasteiger partial charge is 0.309 e. The Morgan fingerprint density at radius 3 is 2.77 bits per heavy atom. The van der Waals surface area contributed by atoms with Gasteiger partial charge in [0.25, 0.3) is 5.56 Å². The Hall–Kier alpha value is -1.61. The fourth-order valence-corrected chi connectivity index (χ4v) is 6.04. The molecule has 0 unspecified atom stereocenters. The number of nitrogens with one attached hydrogen (secondary N) is 1. The molecule has 30 heavy (non-hydrogen) atoms. The van der Waals surface area contributed by atoms with Crippen molar-refractivity contribution in [2.24, 2.45) is 0 Å². The molecule has 6 nitrogen and oxygen atoms in total. The number of thioether (sulfide) groups is 1. The Labute approximate surface area is 192 Å². The third-order valence-corrected chi connectivity index (χ3v) is 7.84. The van der Waals surface area contributed by atoms with Gasteiger partial charge in [-0.25, -0.2) is 9.97 Å². The van der Waals surface area contributed by atoms with Crippen molar-refractivity contribution in [1.29, 1.82) is 0 Å². The minimum absolute atomic E-state index is 0.000861. The average Bonchev–Trinajstić information content (AvgIpc) is 3.31. The molecule has 4 rings (SSSR count). The maximum Gasteiger partial charge on any atom is 0.263 e. The number of amides is 1. The highest BCUT2D eigenvalue weighted by atomic mass is 35.5. The van der Waals surface area contributed by atoms with Crippen LogP contribution in [0.4, 0.5) is 5.82 Å². The van der Waals surface area contributed by atoms with E-state index < -0.39 is 0 Å². The van der Waals surface area contributed by atoms with Gasteiger partial charge in [0.2, 0.25) is 5.91 Å². The molecule has 3 aromatic heterocycles. The van der Waals surface area contributed by atoms with E-state index >= 15 is 0 Å². The number of fused-ring (bicyclic) bond motifs is 1. The van der Waals surface area contributed by atoms with Gasteiger partial charge in [-0.15, -0.1) is 11.3 Å². The van der Waals surface area contributed by atoms with Crippen molar-refractivity contribution < 1.29 is 4.79 Å². The number of carbonyl (C=O) groups is 1. The summed E-state index contributed by atoms with van der Waals surface area (Å²) in [7, 11) is 0. The van der Waals surface area contributed by atoms with Crippen molar-refractivity contribution in [3.05, 3.63) is 43.1 Å². The lowest BCUT2D eigenvalue weighted by atomic mass is 10.2. The van der Waals surface area contributed by atoms with Crippen molar-refractivity contribution >= 4 is 68.2 Å². The zero-order valence-electron chi connectivity index (χ0n) is 16.5. The van der Waals surface area contributed by atoms with E-state index in [0.29, 0.717) is 15.6 Å². The molecule has 0 aromatic carbocycles. The second-order valence-corrected chi connectivity index (χ2v) is 10.3. The summed E-state index contributed by atoms with van der Waals surface area (Å²) < 4.78 is 1.81. The van der Waals surface area contributed by atoms with E-state index in [0.717, 1.165) is 41.0 Å². The van der Waals surface area contributed by atoms with E-state index in [2.05, 4.69) is 10.3 Å². The van der Waals surface area contributed by atoms with E-state index in [1.165, 1.54) is 35.4 Å². The molecule has 0 radical (unpaired) electrons. The Bertz CT molecular complexity index is 1190. The van der Waals surface area contributed by atoms with Crippen LogP contribution in [0.25, 0.3) is 10.2 Å². The number of aromatic nitrogens is 3. The van der Waals surface area contributed by atoms with Crippen LogP contribution in [0.2, 0.25) is 10.0 Å². The quantitative estimate of drug-likeness (QED) is 0.376. The normalized spacial score (nSPS) is 14.5. The molecule has 1 amide bonds. The SMILES string of the molecule is Cc1sc2nc(SCC(=O)Nc3ncc(Cl)cc3Cl)n(C3CCCC3)c(=O)c2c1C. The molecule has 10 heteroatoms. The first-order chi connectivity index (χ1) is 14.3. The highest BCUT2D eigenvalue weighted by molar-refractivity contribution is 7.99. The van der Waals surface area contributed by atoms with Crippen LogP contribution < -0.4 is 10.9 Å². The highest BCUT2D eigenvalue weighted by Gasteiger charge is 2.25. The van der Waals surface area contributed by atoms with Crippen LogP contribution in [0.1, 0.15) is 42.2 Å². The standard InChI is InChI=1S/C20H20Cl2N4O2S2/c1-10-11(2)30-18-16(10)19(28)26(13-5-3-4-6-13)20(25-18)29-9-15(27)24-17-14(22)7-12(21)8-23-17/h7-8,13H,3-6,9H2,1-2H3,(H,23,24,27). The topological polar surface area (TPSA) is 76.9 Å². The Kier molecular flexibility index (Phi) is 6.39. The predicted octanol–water partition coefficient (Wildman–Crippen LogP) is 5.62. The fraction of sp³-hybridized carbons (Fsp3) is 0.400. The number of rotatable bonds is 5. The fourth-order valence-electron chi connectivity index (χ4n) is 3.68. The summed E-state index contributed by atoms with van der Waals surface area (Å²) in [5.74, 6) is 0.0737. The molecule has 0 spiro atoms. The molecule has 158 valence electrons. The average molecular weight is 483 g/mol. The molecule has 1 aliphatic carbocycles. The molecular formula is C20H20Cl2N4O2S2. The number of carbonyl (C=O) groups excluding carboxylic acids is 1. The van der Waals surface area contributed by atoms with Crippen LogP contribution in [0.5, 0.6) is 0 Å². The summed E-state index contributed by atoms with van der Waals surface area (Å²) in [6.45, 7) is 3.98. The van der Waals surface area contributed by atoms with Gasteiger partial charge in [0.05, 0.1) is 21.2 Å². The first-order valence-corrected chi connectivity index (χ1v) is 12.2. The van der Waals surface area contributed by atoms with Crippen LogP contribution in [-0.4, -0.2) is 26.2 Å². The van der Waals surface area contributed by atoms with Gasteiger partial charge in [-0.05, 0) is 38.3 Å². The van der Waals surface area contributed by atoms with Gasteiger partial charge in [0, 0.05) is 17.1 Å². The number of hydrogen-bond donors (Lipinski definition) is 1. The molecule has 0 aliphatic heterocycles. The Morgan fingerprint density at radius 1 is 1.33 bits per heavy atom. The molecular weight excluding hydrogens is 463 g/mol. The van der Waals surface area contributed by atoms with E-state index in [1.807, 2.05) is 13.8 Å². The number of halogens is 2. The number of pyridine rings is 1. The molecule has 1 N–H and O–H groups in total. The first kappa shape index (κ1) is 21.6. The van der Waals surface area contributed by atoms with Gasteiger partial charge in [-0.1, -0.05) is 47.8 Å². The van der Waals surface area contributed by atoms with E-state index in [4.69, 9.17) is 28.2 Å². The zero-order chi connectivity index (χ0) is 21.4. The van der Waals surface area contributed by atoms with Crippen LogP contribution in [0.15, 0.2) is 22.2 Å². The Morgan fingerprint density at radius 2 is 2.07 bits per heavy atom. The third kappa shape index (κ3) is 4.23. The molecule has 3 aromatic rings. The summed E-state index contributed by atoms with van der Waals surface area (Å²) >= 11 is 14.7. The zero-order valence-corrected chi connectivity index (χ0v) is 19.6. The molecule has 0 bridgehead atoms. The highest BCUT2D eigenvalue weighted by Crippen LogP contribution is 2.34. The summed E-state index contributed by atoms with van der Waals surface area (Å²) in [6, 6.07) is 1.65. The van der Waals surface area contributed by atoms with Crippen molar-refractivity contribution in [3.8, 4) is 0 Å². The van der Waals surface area contributed by atoms with Crippen molar-refractivity contribution in [1.82, 2.24) is 14.5 Å². The Balaban J connectivity index is 1.62. The lowest BCUT2D eigenvalue weighted by Gasteiger charge is -2.18. The molecule has 3 heterocycles. The van der Waals surface area contributed by atoms with Crippen LogP contribution in [-0.2, 0) is 4.79 Å². The van der Waals surface area contributed by atoms with Gasteiger partial charge < -0.3 is 5.32 Å². The monoisotopic (exact) mass is 482 g/mol. The smallest absolute Gasteiger partial charge is 0.263 e. The number of thiophene rings is 1. The summed E-state index contributed by atoms with van der Waals surface area (Å²) in [4.78, 5) is 36.5. The van der Waals surface area contributed by atoms with E-state index in [9.17, 15) is 9.59 Å². The van der Waals surface area contributed by atoms with Crippen molar-refractivity contribution in [3.63, 3.8) is 0 Å². The van der Waals surface area contributed by atoms with E-state index in [-0.39, 0.29) is 34.1 Å². The van der Waals surface area contributed by atoms with Gasteiger partial charge in [0.1, 0.15) is 4.83 Å². The summed E-state index contributed by atoms with van der Waals surface area (Å²) in [5.41, 5.74) is 0.996. The van der Waals surface area contributed by atoms with E-state index in [1.54, 1.807) is 4.57 Å². The van der Waals surface area contributed by atoms with Crippen LogP contribution in [0, 0.1) is 13.8 Å². The number of anilines is 1. The first-order valence-electron chi connectivity index (χ1n) is 9.61. The van der Waals surface area contributed by atoms with Gasteiger partial charge >= 0.3 is 0 Å². The third-order valence-electron chi connectivity index (χ3n) is 5.29. The predicted molar refractivity (Wildman–Crippen MR) is 124 cm³/mol. The van der Waals surface area contributed by atoms with Gasteiger partial charge in [-0.3, -0.25) is 14.2 Å². The van der Waals surface area contributed by atoms with Crippen molar-refractivity contribution in [2.45, 2.75) is 50.7 Å². The second kappa shape index (κ2) is 8.86.